The molecule has 0 bridgehead atoms. The van der Waals surface area contributed by atoms with E-state index in [2.05, 4.69) is 0 Å². The van der Waals surface area contributed by atoms with Crippen LogP contribution in [0.4, 0.5) is 0 Å². The summed E-state index contributed by atoms with van der Waals surface area (Å²) < 4.78 is 7.80. The third-order valence-electron chi connectivity index (χ3n) is 3.22. The van der Waals surface area contributed by atoms with Crippen molar-refractivity contribution in [3.63, 3.8) is 0 Å². The Kier molecular flexibility index (Phi) is 3.68. The third-order valence-corrected chi connectivity index (χ3v) is 4.34. The number of rotatable bonds is 4. The highest BCUT2D eigenvalue weighted by atomic mass is 32.1. The van der Waals surface area contributed by atoms with Gasteiger partial charge in [-0.1, -0.05) is 23.7 Å². The van der Waals surface area contributed by atoms with E-state index in [1.807, 2.05) is 18.2 Å². The Morgan fingerprint density at radius 1 is 1.18 bits per heavy atom. The van der Waals surface area contributed by atoms with Crippen molar-refractivity contribution in [2.24, 2.45) is 0 Å². The summed E-state index contributed by atoms with van der Waals surface area (Å²) in [6.45, 7) is 1.47. The summed E-state index contributed by atoms with van der Waals surface area (Å²) in [5.41, 5.74) is 0.662. The lowest BCUT2D eigenvalue weighted by Crippen LogP contribution is -2.22. The largest absolute Gasteiger partial charge is 0.479 e. The van der Waals surface area contributed by atoms with Crippen molar-refractivity contribution >= 4 is 27.6 Å². The van der Waals surface area contributed by atoms with E-state index >= 15 is 0 Å². The summed E-state index contributed by atoms with van der Waals surface area (Å²) in [6, 6.07) is 14.2. The van der Waals surface area contributed by atoms with Gasteiger partial charge in [-0.15, -0.1) is 0 Å². The van der Waals surface area contributed by atoms with Gasteiger partial charge in [-0.2, -0.15) is 0 Å². The van der Waals surface area contributed by atoms with Crippen LogP contribution >= 0.6 is 11.5 Å². The average Bonchev–Trinajstić information content (AvgIpc) is 2.85. The number of nitrogens with zero attached hydrogens (tertiary/aromatic N) is 1. The molecule has 0 radical (unpaired) electrons. The SMILES string of the molecule is CC(Oc1ccc(-n2sc3ccccc3c2=O)cc1)C(=O)O. The Hall–Kier alpha value is -2.60. The fraction of sp³-hybridized carbons (Fsp3) is 0.125. The van der Waals surface area contributed by atoms with E-state index in [0.29, 0.717) is 11.1 Å². The van der Waals surface area contributed by atoms with Gasteiger partial charge in [0, 0.05) is 0 Å². The second-order valence-corrected chi connectivity index (χ2v) is 5.77. The first kappa shape index (κ1) is 14.3. The second-order valence-electron chi connectivity index (χ2n) is 4.78. The molecule has 2 aromatic carbocycles. The van der Waals surface area contributed by atoms with Crippen molar-refractivity contribution < 1.29 is 14.6 Å². The van der Waals surface area contributed by atoms with Crippen molar-refractivity contribution in [2.75, 3.05) is 0 Å². The molecule has 1 aromatic heterocycles. The lowest BCUT2D eigenvalue weighted by atomic mass is 10.2. The quantitative estimate of drug-likeness (QED) is 0.804. The minimum atomic E-state index is -1.02. The molecule has 0 amide bonds. The van der Waals surface area contributed by atoms with E-state index in [1.54, 1.807) is 34.3 Å². The maximum Gasteiger partial charge on any atom is 0.344 e. The van der Waals surface area contributed by atoms with Crippen LogP contribution in [0.25, 0.3) is 15.8 Å². The van der Waals surface area contributed by atoms with Crippen LogP contribution in [0.2, 0.25) is 0 Å². The summed E-state index contributed by atoms with van der Waals surface area (Å²) in [5, 5.41) is 9.51. The molecule has 1 atom stereocenters. The lowest BCUT2D eigenvalue weighted by molar-refractivity contribution is -0.144. The predicted octanol–water partition coefficient (Wildman–Crippen LogP) is 2.90. The van der Waals surface area contributed by atoms with E-state index in [0.717, 1.165) is 10.4 Å². The van der Waals surface area contributed by atoms with E-state index in [4.69, 9.17) is 9.84 Å². The number of hydrogen-bond acceptors (Lipinski definition) is 4. The van der Waals surface area contributed by atoms with E-state index in [-0.39, 0.29) is 5.56 Å². The minimum absolute atomic E-state index is 0.0619. The summed E-state index contributed by atoms with van der Waals surface area (Å²) in [6.07, 6.45) is -0.919. The highest BCUT2D eigenvalue weighted by Gasteiger charge is 2.13. The summed E-state index contributed by atoms with van der Waals surface area (Å²) in [7, 11) is 0. The topological polar surface area (TPSA) is 68.5 Å². The number of hydrogen-bond donors (Lipinski definition) is 1. The van der Waals surface area contributed by atoms with Crippen molar-refractivity contribution in [3.05, 3.63) is 58.9 Å². The Morgan fingerprint density at radius 2 is 1.86 bits per heavy atom. The molecule has 1 unspecified atom stereocenters. The maximum atomic E-state index is 12.3. The van der Waals surface area contributed by atoms with Gasteiger partial charge in [0.2, 0.25) is 0 Å². The zero-order valence-corrected chi connectivity index (χ0v) is 12.5. The Morgan fingerprint density at radius 3 is 2.50 bits per heavy atom. The molecule has 1 heterocycles. The van der Waals surface area contributed by atoms with E-state index in [1.165, 1.54) is 18.5 Å². The molecule has 0 spiro atoms. The van der Waals surface area contributed by atoms with Crippen LogP contribution in [0.1, 0.15) is 6.92 Å². The number of carboxylic acids is 1. The summed E-state index contributed by atoms with van der Waals surface area (Å²) in [5.74, 6) is -0.572. The Bertz CT molecular complexity index is 879. The summed E-state index contributed by atoms with van der Waals surface area (Å²) in [4.78, 5) is 23.1. The van der Waals surface area contributed by atoms with Gasteiger partial charge in [-0.3, -0.25) is 4.79 Å². The van der Waals surface area contributed by atoms with Crippen molar-refractivity contribution in [1.29, 1.82) is 0 Å². The van der Waals surface area contributed by atoms with Gasteiger partial charge in [0.15, 0.2) is 6.10 Å². The van der Waals surface area contributed by atoms with Gasteiger partial charge >= 0.3 is 5.97 Å². The monoisotopic (exact) mass is 315 g/mol. The lowest BCUT2D eigenvalue weighted by Gasteiger charge is -2.10. The Balaban J connectivity index is 1.93. The van der Waals surface area contributed by atoms with Gasteiger partial charge in [0.25, 0.3) is 5.56 Å². The Labute approximate surface area is 130 Å². The van der Waals surface area contributed by atoms with Gasteiger partial charge in [-0.25, -0.2) is 8.75 Å². The molecule has 6 heteroatoms. The van der Waals surface area contributed by atoms with Crippen LogP contribution in [0.15, 0.2) is 53.3 Å². The molecular formula is C16H13NO4S. The number of aromatic nitrogens is 1. The molecule has 3 rings (SSSR count). The van der Waals surface area contributed by atoms with E-state index in [9.17, 15) is 9.59 Å². The number of carboxylic acid groups (broad SMARTS) is 1. The van der Waals surface area contributed by atoms with Crippen LogP contribution in [0, 0.1) is 0 Å². The molecular weight excluding hydrogens is 302 g/mol. The molecule has 0 saturated heterocycles. The fourth-order valence-corrected chi connectivity index (χ4v) is 3.05. The number of aliphatic carboxylic acids is 1. The maximum absolute atomic E-state index is 12.3. The van der Waals surface area contributed by atoms with Gasteiger partial charge in [0.1, 0.15) is 5.75 Å². The standard InChI is InChI=1S/C16H13NO4S/c1-10(16(19)20)21-12-8-6-11(7-9-12)17-15(18)13-4-2-3-5-14(13)22-17/h2-10H,1H3,(H,19,20). The number of ether oxygens (including phenoxy) is 1. The third kappa shape index (κ3) is 2.60. The molecule has 22 heavy (non-hydrogen) atoms. The summed E-state index contributed by atoms with van der Waals surface area (Å²) >= 11 is 1.37. The minimum Gasteiger partial charge on any atom is -0.479 e. The van der Waals surface area contributed by atoms with Crippen molar-refractivity contribution in [3.8, 4) is 11.4 Å². The first-order valence-electron chi connectivity index (χ1n) is 6.67. The van der Waals surface area contributed by atoms with Crippen LogP contribution in [-0.4, -0.2) is 21.1 Å². The number of benzene rings is 2. The zero-order valence-electron chi connectivity index (χ0n) is 11.7. The number of carbonyl (C=O) groups is 1. The zero-order chi connectivity index (χ0) is 15.7. The average molecular weight is 315 g/mol. The first-order valence-corrected chi connectivity index (χ1v) is 7.44. The molecule has 5 nitrogen and oxygen atoms in total. The first-order chi connectivity index (χ1) is 10.6. The predicted molar refractivity (Wildman–Crippen MR) is 85.1 cm³/mol. The fourth-order valence-electron chi connectivity index (χ4n) is 2.06. The van der Waals surface area contributed by atoms with Crippen molar-refractivity contribution in [2.45, 2.75) is 13.0 Å². The van der Waals surface area contributed by atoms with Gasteiger partial charge < -0.3 is 9.84 Å². The normalized spacial score (nSPS) is 12.2. The molecule has 3 aromatic rings. The van der Waals surface area contributed by atoms with E-state index < -0.39 is 12.1 Å². The van der Waals surface area contributed by atoms with Crippen molar-refractivity contribution in [1.82, 2.24) is 3.96 Å². The molecule has 0 saturated carbocycles. The number of fused-ring (bicyclic) bond motifs is 1. The molecule has 0 aliphatic rings. The van der Waals surface area contributed by atoms with Crippen LogP contribution < -0.4 is 10.3 Å². The molecule has 112 valence electrons. The molecule has 0 fully saturated rings. The highest BCUT2D eigenvalue weighted by Crippen LogP contribution is 2.22. The van der Waals surface area contributed by atoms with Gasteiger partial charge in [-0.05, 0) is 43.3 Å². The highest BCUT2D eigenvalue weighted by molar-refractivity contribution is 7.14. The van der Waals surface area contributed by atoms with Gasteiger partial charge in [0.05, 0.1) is 15.8 Å². The van der Waals surface area contributed by atoms with Crippen LogP contribution in [0.3, 0.4) is 0 Å². The molecule has 0 aliphatic heterocycles. The van der Waals surface area contributed by atoms with Crippen LogP contribution in [-0.2, 0) is 4.79 Å². The molecule has 1 N–H and O–H groups in total. The second kappa shape index (κ2) is 5.65. The molecule has 0 aliphatic carbocycles. The van der Waals surface area contributed by atoms with Crippen LogP contribution in [0.5, 0.6) is 5.75 Å². The smallest absolute Gasteiger partial charge is 0.344 e.